The number of rotatable bonds is 3. The molecule has 2 heterocycles. The van der Waals surface area contributed by atoms with Gasteiger partial charge in [0.2, 0.25) is 0 Å². The number of nitrogens with one attached hydrogen (secondary N) is 1. The number of carbonyl (C=O) groups is 1. The highest BCUT2D eigenvalue weighted by atomic mass is 32.2. The molecule has 0 bridgehead atoms. The number of aromatic amines is 1. The maximum absolute atomic E-state index is 14.8. The molecule has 5 rings (SSSR count). The van der Waals surface area contributed by atoms with Crippen LogP contribution in [0.4, 0.5) is 4.39 Å². The monoisotopic (exact) mass is 493 g/mol. The smallest absolute Gasteiger partial charge is 0.254 e. The summed E-state index contributed by atoms with van der Waals surface area (Å²) in [6.07, 6.45) is 0.943. The molecule has 0 radical (unpaired) electrons. The molecule has 1 aromatic heterocycles. The average Bonchev–Trinajstić information content (AvgIpc) is 3.04. The van der Waals surface area contributed by atoms with Gasteiger partial charge in [-0.1, -0.05) is 12.1 Å². The molecule has 4 aromatic rings. The van der Waals surface area contributed by atoms with Gasteiger partial charge in [-0.3, -0.25) is 4.79 Å². The van der Waals surface area contributed by atoms with Gasteiger partial charge in [0.1, 0.15) is 28.9 Å². The summed E-state index contributed by atoms with van der Waals surface area (Å²) in [5.41, 5.74) is 4.79. The summed E-state index contributed by atoms with van der Waals surface area (Å²) in [5, 5.41) is 0. The van der Waals surface area contributed by atoms with Gasteiger partial charge in [0.25, 0.3) is 5.91 Å². The quantitative estimate of drug-likeness (QED) is 0.456. The number of sulfone groups is 1. The van der Waals surface area contributed by atoms with Crippen molar-refractivity contribution >= 4 is 26.8 Å². The molecule has 0 spiro atoms. The van der Waals surface area contributed by atoms with Gasteiger partial charge in [-0.2, -0.15) is 0 Å². The molecule has 1 N–H and O–H groups in total. The molecule has 0 saturated carbocycles. The van der Waals surface area contributed by atoms with Gasteiger partial charge in [-0.05, 0) is 66.9 Å². The van der Waals surface area contributed by atoms with E-state index in [0.29, 0.717) is 18.9 Å². The lowest BCUT2D eigenvalue weighted by Crippen LogP contribution is -2.33. The van der Waals surface area contributed by atoms with Gasteiger partial charge in [0.05, 0.1) is 17.6 Å². The lowest BCUT2D eigenvalue weighted by atomic mass is 10.0. The highest BCUT2D eigenvalue weighted by Gasteiger charge is 2.26. The minimum Gasteiger partial charge on any atom is -0.491 e. The maximum Gasteiger partial charge on any atom is 0.254 e. The van der Waals surface area contributed by atoms with Crippen molar-refractivity contribution in [1.29, 1.82) is 0 Å². The zero-order chi connectivity index (χ0) is 24.9. The van der Waals surface area contributed by atoms with E-state index in [2.05, 4.69) is 9.97 Å². The molecule has 3 aromatic carbocycles. The molecule has 180 valence electrons. The van der Waals surface area contributed by atoms with E-state index in [-0.39, 0.29) is 23.6 Å². The van der Waals surface area contributed by atoms with Gasteiger partial charge in [-0.25, -0.2) is 17.8 Å². The Hall–Kier alpha value is -3.72. The maximum atomic E-state index is 14.8. The number of ether oxygens (including phenoxy) is 1. The van der Waals surface area contributed by atoms with Crippen LogP contribution in [0.2, 0.25) is 0 Å². The molecule has 0 fully saturated rings. The SMILES string of the molecule is Cc1nc2ccc(-c3ccc4c(c3)CN(C(=O)c3ccc(S(C)(=O)=O)c(F)c3C)CCO4)cc2[nH]1. The van der Waals surface area contributed by atoms with Crippen LogP contribution in [0.3, 0.4) is 0 Å². The minimum absolute atomic E-state index is 0.0141. The standard InChI is InChI=1S/C26H24FN3O4S/c1-15-20(6-9-24(25(15)27)35(3,32)33)26(31)30-10-11-34-23-8-5-17(12-19(23)14-30)18-4-7-21-22(13-18)29-16(2)28-21/h4-9,12-13H,10-11,14H2,1-3H3,(H,28,29). The minimum atomic E-state index is -3.74. The van der Waals surface area contributed by atoms with Crippen molar-refractivity contribution < 1.29 is 22.3 Å². The Labute approximate surface area is 202 Å². The molecular weight excluding hydrogens is 469 g/mol. The van der Waals surface area contributed by atoms with Gasteiger partial charge >= 0.3 is 0 Å². The van der Waals surface area contributed by atoms with Gasteiger partial charge < -0.3 is 14.6 Å². The molecule has 1 amide bonds. The normalized spacial score (nSPS) is 13.9. The molecule has 0 saturated heterocycles. The lowest BCUT2D eigenvalue weighted by Gasteiger charge is -2.21. The number of carbonyl (C=O) groups excluding carboxylic acids is 1. The van der Waals surface area contributed by atoms with Crippen LogP contribution >= 0.6 is 0 Å². The van der Waals surface area contributed by atoms with Crippen molar-refractivity contribution in [3.05, 3.63) is 76.9 Å². The molecule has 9 heteroatoms. The molecule has 0 unspecified atom stereocenters. The lowest BCUT2D eigenvalue weighted by molar-refractivity contribution is 0.0731. The largest absolute Gasteiger partial charge is 0.491 e. The topological polar surface area (TPSA) is 92.4 Å². The first-order chi connectivity index (χ1) is 16.6. The van der Waals surface area contributed by atoms with Crippen LogP contribution in [0.5, 0.6) is 5.75 Å². The fourth-order valence-corrected chi connectivity index (χ4v) is 5.21. The van der Waals surface area contributed by atoms with Crippen LogP contribution in [0, 0.1) is 19.7 Å². The molecule has 0 aliphatic carbocycles. The number of benzene rings is 3. The third kappa shape index (κ3) is 4.27. The number of hydrogen-bond donors (Lipinski definition) is 1. The van der Waals surface area contributed by atoms with Crippen LogP contribution in [0.1, 0.15) is 27.3 Å². The van der Waals surface area contributed by atoms with E-state index in [4.69, 9.17) is 4.74 Å². The molecule has 35 heavy (non-hydrogen) atoms. The van der Waals surface area contributed by atoms with Crippen molar-refractivity contribution in [2.24, 2.45) is 0 Å². The van der Waals surface area contributed by atoms with Crippen LogP contribution in [-0.2, 0) is 16.4 Å². The van der Waals surface area contributed by atoms with Crippen molar-refractivity contribution in [2.75, 3.05) is 19.4 Å². The van der Waals surface area contributed by atoms with E-state index in [1.54, 1.807) is 4.90 Å². The number of aromatic nitrogens is 2. The highest BCUT2D eigenvalue weighted by Crippen LogP contribution is 2.31. The third-order valence-corrected chi connectivity index (χ3v) is 7.36. The van der Waals surface area contributed by atoms with Gasteiger partial charge in [-0.15, -0.1) is 0 Å². The van der Waals surface area contributed by atoms with Crippen molar-refractivity contribution in [1.82, 2.24) is 14.9 Å². The van der Waals surface area contributed by atoms with Crippen molar-refractivity contribution in [3.8, 4) is 16.9 Å². The molecule has 1 aliphatic rings. The predicted octanol–water partition coefficient (Wildman–Crippen LogP) is 4.42. The predicted molar refractivity (Wildman–Crippen MR) is 131 cm³/mol. The number of halogens is 1. The summed E-state index contributed by atoms with van der Waals surface area (Å²) >= 11 is 0. The highest BCUT2D eigenvalue weighted by molar-refractivity contribution is 7.90. The van der Waals surface area contributed by atoms with Crippen molar-refractivity contribution in [2.45, 2.75) is 25.3 Å². The Kier molecular flexibility index (Phi) is 5.59. The van der Waals surface area contributed by atoms with Crippen LogP contribution in [0.15, 0.2) is 53.4 Å². The Morgan fingerprint density at radius 3 is 2.60 bits per heavy atom. The summed E-state index contributed by atoms with van der Waals surface area (Å²) in [4.78, 5) is 22.2. The second kappa shape index (κ2) is 8.49. The summed E-state index contributed by atoms with van der Waals surface area (Å²) in [7, 11) is -3.74. The number of aryl methyl sites for hydroxylation is 1. The van der Waals surface area contributed by atoms with E-state index in [0.717, 1.165) is 45.9 Å². The van der Waals surface area contributed by atoms with Gasteiger partial charge in [0.15, 0.2) is 9.84 Å². The first kappa shape index (κ1) is 23.0. The number of imidazole rings is 1. The second-order valence-electron chi connectivity index (χ2n) is 8.77. The average molecular weight is 494 g/mol. The van der Waals surface area contributed by atoms with E-state index < -0.39 is 20.5 Å². The number of H-pyrrole nitrogens is 1. The third-order valence-electron chi connectivity index (χ3n) is 6.24. The second-order valence-corrected chi connectivity index (χ2v) is 10.8. The summed E-state index contributed by atoms with van der Waals surface area (Å²) in [6, 6.07) is 14.4. The van der Waals surface area contributed by atoms with E-state index >= 15 is 0 Å². The Morgan fingerprint density at radius 2 is 1.83 bits per heavy atom. The number of nitrogens with zero attached hydrogens (tertiary/aromatic N) is 2. The summed E-state index contributed by atoms with van der Waals surface area (Å²) in [6.45, 7) is 4.22. The zero-order valence-corrected chi connectivity index (χ0v) is 20.4. The Balaban J connectivity index is 1.47. The number of hydrogen-bond acceptors (Lipinski definition) is 5. The summed E-state index contributed by atoms with van der Waals surface area (Å²) in [5.74, 6) is 0.268. The van der Waals surface area contributed by atoms with Crippen LogP contribution in [-0.4, -0.2) is 48.6 Å². The first-order valence-corrected chi connectivity index (χ1v) is 13.0. The van der Waals surface area contributed by atoms with E-state index in [9.17, 15) is 17.6 Å². The van der Waals surface area contributed by atoms with Crippen LogP contribution < -0.4 is 4.74 Å². The Bertz CT molecular complexity index is 1590. The number of amides is 1. The number of fused-ring (bicyclic) bond motifs is 2. The summed E-state index contributed by atoms with van der Waals surface area (Å²) < 4.78 is 44.3. The van der Waals surface area contributed by atoms with E-state index in [1.165, 1.54) is 13.0 Å². The molecule has 7 nitrogen and oxygen atoms in total. The Morgan fingerprint density at radius 1 is 1.09 bits per heavy atom. The van der Waals surface area contributed by atoms with Gasteiger partial charge in [0, 0.05) is 23.9 Å². The fraction of sp³-hybridized carbons (Fsp3) is 0.231. The first-order valence-electron chi connectivity index (χ1n) is 11.1. The van der Waals surface area contributed by atoms with Crippen molar-refractivity contribution in [3.63, 3.8) is 0 Å². The fourth-order valence-electron chi connectivity index (χ4n) is 4.41. The molecule has 1 aliphatic heterocycles. The van der Waals surface area contributed by atoms with Crippen LogP contribution in [0.25, 0.3) is 22.2 Å². The molecular formula is C26H24FN3O4S. The molecule has 0 atom stereocenters. The zero-order valence-electron chi connectivity index (χ0n) is 19.6. The van der Waals surface area contributed by atoms with E-state index in [1.807, 2.05) is 43.3 Å².